The molecule has 2 aliphatic rings. The zero-order chi connectivity index (χ0) is 12.9. The van der Waals surface area contributed by atoms with E-state index >= 15 is 0 Å². The van der Waals surface area contributed by atoms with E-state index in [4.69, 9.17) is 4.74 Å². The van der Waals surface area contributed by atoms with Gasteiger partial charge in [0.1, 0.15) is 0 Å². The number of hydrogen-bond acceptors (Lipinski definition) is 6. The van der Waals surface area contributed by atoms with E-state index < -0.39 is 20.0 Å². The van der Waals surface area contributed by atoms with Crippen LogP contribution < -0.4 is 0 Å². The van der Waals surface area contributed by atoms with Crippen molar-refractivity contribution in [2.45, 2.75) is 6.42 Å². The summed E-state index contributed by atoms with van der Waals surface area (Å²) in [5, 5.41) is 0. The van der Waals surface area contributed by atoms with Gasteiger partial charge >= 0.3 is 0 Å². The van der Waals surface area contributed by atoms with Crippen LogP contribution in [0, 0.1) is 0 Å². The van der Waals surface area contributed by atoms with E-state index in [1.807, 2.05) is 0 Å². The van der Waals surface area contributed by atoms with Gasteiger partial charge in [-0.1, -0.05) is 0 Å². The molecular weight excluding hydrogens is 268 g/mol. The van der Waals surface area contributed by atoms with Gasteiger partial charge in [0.15, 0.2) is 0 Å². The summed E-state index contributed by atoms with van der Waals surface area (Å²) in [5.41, 5.74) is 0. The van der Waals surface area contributed by atoms with Crippen molar-refractivity contribution in [2.24, 2.45) is 0 Å². The Morgan fingerprint density at radius 3 is 1.71 bits per heavy atom. The predicted molar refractivity (Wildman–Crippen MR) is 63.9 cm³/mol. The van der Waals surface area contributed by atoms with Gasteiger partial charge in [-0.25, -0.2) is 16.8 Å². The first-order valence-corrected chi connectivity index (χ1v) is 8.48. The molecule has 0 aromatic carbocycles. The van der Waals surface area contributed by atoms with Crippen LogP contribution in [0.15, 0.2) is 0 Å². The van der Waals surface area contributed by atoms with E-state index in [-0.39, 0.29) is 17.9 Å². The van der Waals surface area contributed by atoms with Crippen LogP contribution in [0.25, 0.3) is 4.13 Å². The molecule has 2 fully saturated rings. The Morgan fingerprint density at radius 1 is 1.00 bits per heavy atom. The van der Waals surface area contributed by atoms with E-state index in [1.54, 1.807) is 0 Å². The average Bonchev–Trinajstić information content (AvgIpc) is 2.15. The summed E-state index contributed by atoms with van der Waals surface area (Å²) in [6.07, 6.45) is 0.161. The highest BCUT2D eigenvalue weighted by molar-refractivity contribution is 8.12. The molecule has 9 heteroatoms. The lowest BCUT2D eigenvalue weighted by Crippen LogP contribution is -2.32. The van der Waals surface area contributed by atoms with Gasteiger partial charge in [-0.2, -0.15) is 0 Å². The molecule has 0 atom stereocenters. The van der Waals surface area contributed by atoms with E-state index in [2.05, 4.69) is 16.1 Å². The number of rotatable bonds is 0. The third kappa shape index (κ3) is 6.32. The van der Waals surface area contributed by atoms with Crippen LogP contribution in [0.4, 0.5) is 0 Å². The third-order valence-corrected chi connectivity index (χ3v) is 5.69. The zero-order valence-electron chi connectivity index (χ0n) is 9.70. The van der Waals surface area contributed by atoms with E-state index in [9.17, 15) is 16.8 Å². The van der Waals surface area contributed by atoms with Crippen molar-refractivity contribution in [3.05, 3.63) is 4.13 Å². The van der Waals surface area contributed by atoms with Gasteiger partial charge in [0, 0.05) is 24.6 Å². The SMILES string of the molecule is CN1CCOCC1.O=S1(=O)CCCS(=O)(=O)[N-]1. The fourth-order valence-corrected chi connectivity index (χ4v) is 4.51. The molecule has 0 amide bonds. The molecule has 0 aliphatic carbocycles. The Hall–Kier alpha value is -0.220. The highest BCUT2D eigenvalue weighted by Crippen LogP contribution is 2.18. The molecule has 0 unspecified atom stereocenters. The average molecular weight is 285 g/mol. The number of nitrogens with zero attached hydrogens (tertiary/aromatic N) is 2. The van der Waals surface area contributed by atoms with E-state index in [0.717, 1.165) is 26.3 Å². The lowest BCUT2D eigenvalue weighted by Gasteiger charge is -2.25. The lowest BCUT2D eigenvalue weighted by molar-refractivity contribution is 0.0503. The van der Waals surface area contributed by atoms with Crippen molar-refractivity contribution >= 4 is 20.0 Å². The van der Waals surface area contributed by atoms with Gasteiger partial charge in [-0.3, -0.25) is 0 Å². The van der Waals surface area contributed by atoms with Gasteiger partial charge in [-0.05, 0) is 13.5 Å². The third-order valence-electron chi connectivity index (χ3n) is 2.27. The van der Waals surface area contributed by atoms with Crippen LogP contribution in [0.1, 0.15) is 6.42 Å². The molecule has 0 N–H and O–H groups in total. The number of sulfonamides is 2. The van der Waals surface area contributed by atoms with Crippen LogP contribution in [-0.4, -0.2) is 66.6 Å². The smallest absolute Gasteiger partial charge is 0.0830 e. The van der Waals surface area contributed by atoms with Crippen LogP contribution in [0.2, 0.25) is 0 Å². The van der Waals surface area contributed by atoms with Crippen molar-refractivity contribution < 1.29 is 21.6 Å². The van der Waals surface area contributed by atoms with E-state index in [0.29, 0.717) is 0 Å². The monoisotopic (exact) mass is 285 g/mol. The van der Waals surface area contributed by atoms with E-state index in [1.165, 1.54) is 0 Å². The molecule has 7 nitrogen and oxygen atoms in total. The van der Waals surface area contributed by atoms with Crippen LogP contribution in [0.5, 0.6) is 0 Å². The van der Waals surface area contributed by atoms with Crippen LogP contribution >= 0.6 is 0 Å². The van der Waals surface area contributed by atoms with Crippen molar-refractivity contribution in [3.63, 3.8) is 0 Å². The Kier molecular flexibility index (Phi) is 5.32. The molecule has 0 aromatic heterocycles. The maximum Gasteiger partial charge on any atom is 0.0830 e. The largest absolute Gasteiger partial charge is 0.436 e. The van der Waals surface area contributed by atoms with Gasteiger partial charge in [-0.15, -0.1) is 0 Å². The zero-order valence-corrected chi connectivity index (χ0v) is 11.3. The number of likely N-dealkylation sites (N-methyl/N-ethyl adjacent to an activating group) is 1. The second-order valence-corrected chi connectivity index (χ2v) is 7.66. The minimum absolute atomic E-state index is 0.147. The van der Waals surface area contributed by atoms with Crippen molar-refractivity contribution in [3.8, 4) is 0 Å². The molecule has 0 spiro atoms. The van der Waals surface area contributed by atoms with Crippen LogP contribution in [0.3, 0.4) is 0 Å². The minimum atomic E-state index is -3.65. The summed E-state index contributed by atoms with van der Waals surface area (Å²) in [7, 11) is -5.19. The first kappa shape index (κ1) is 14.8. The number of ether oxygens (including phenoxy) is 1. The molecule has 2 heterocycles. The molecular formula is C8H17N2O5S2-. The number of hydrogen-bond donors (Lipinski definition) is 0. The molecule has 0 bridgehead atoms. The Morgan fingerprint density at radius 2 is 1.47 bits per heavy atom. The fraction of sp³-hybridized carbons (Fsp3) is 1.00. The summed E-state index contributed by atoms with van der Waals surface area (Å²) >= 11 is 0. The molecule has 2 saturated heterocycles. The highest BCUT2D eigenvalue weighted by atomic mass is 32.3. The molecule has 2 rings (SSSR count). The topological polar surface area (TPSA) is 94.8 Å². The Balaban J connectivity index is 0.000000181. The molecule has 2 aliphatic heterocycles. The predicted octanol–water partition coefficient (Wildman–Crippen LogP) is -0.628. The normalized spacial score (nSPS) is 27.8. The second kappa shape index (κ2) is 6.10. The van der Waals surface area contributed by atoms with Gasteiger partial charge in [0.05, 0.1) is 33.3 Å². The second-order valence-electron chi connectivity index (χ2n) is 3.92. The Bertz CT molecular complexity index is 393. The minimum Gasteiger partial charge on any atom is -0.436 e. The van der Waals surface area contributed by atoms with Gasteiger partial charge in [0.25, 0.3) is 0 Å². The maximum absolute atomic E-state index is 10.5. The molecule has 102 valence electrons. The first-order valence-electron chi connectivity index (χ1n) is 5.27. The summed E-state index contributed by atoms with van der Waals surface area (Å²) in [5.74, 6) is -0.293. The maximum atomic E-state index is 10.5. The standard InChI is InChI=1S/C5H11NO.C3H6NO4S2/c1-6-2-4-7-5-3-6;5-9(6)2-1-3-10(7,8)4-9/h2-5H2,1H3;1-3H2/q;-1. The van der Waals surface area contributed by atoms with Crippen molar-refractivity contribution in [1.29, 1.82) is 0 Å². The molecule has 0 saturated carbocycles. The first-order chi connectivity index (χ1) is 7.81. The summed E-state index contributed by atoms with van der Waals surface area (Å²) in [6, 6.07) is 0. The summed E-state index contributed by atoms with van der Waals surface area (Å²) < 4.78 is 49.9. The van der Waals surface area contributed by atoms with Crippen molar-refractivity contribution in [2.75, 3.05) is 44.9 Å². The fourth-order valence-electron chi connectivity index (χ4n) is 1.33. The number of morpholine rings is 1. The Labute approximate surface area is 102 Å². The summed E-state index contributed by atoms with van der Waals surface area (Å²) in [4.78, 5) is 2.27. The summed E-state index contributed by atoms with van der Waals surface area (Å²) in [6.45, 7) is 4.02. The quantitative estimate of drug-likeness (QED) is 0.588. The molecule has 17 heavy (non-hydrogen) atoms. The molecule has 0 aromatic rings. The highest BCUT2D eigenvalue weighted by Gasteiger charge is 2.14. The van der Waals surface area contributed by atoms with Crippen molar-refractivity contribution in [1.82, 2.24) is 4.90 Å². The van der Waals surface area contributed by atoms with Gasteiger partial charge in [0.2, 0.25) is 0 Å². The van der Waals surface area contributed by atoms with Gasteiger partial charge < -0.3 is 13.8 Å². The lowest BCUT2D eigenvalue weighted by atomic mass is 10.5. The molecule has 0 radical (unpaired) electrons. The van der Waals surface area contributed by atoms with Crippen LogP contribution in [-0.2, 0) is 24.8 Å².